The van der Waals surface area contributed by atoms with Crippen LogP contribution >= 0.6 is 0 Å². The number of carbonyl (C=O) groups is 2. The monoisotopic (exact) mass is 162 g/mol. The van der Waals surface area contributed by atoms with Gasteiger partial charge >= 0.3 is 0 Å². The van der Waals surface area contributed by atoms with Crippen molar-refractivity contribution in [2.45, 2.75) is 6.42 Å². The Bertz CT molecular complexity index is 360. The second kappa shape index (κ2) is 2.41. The van der Waals surface area contributed by atoms with Crippen LogP contribution in [0, 0.1) is 0 Å². The molecule has 2 amide bonds. The third-order valence-corrected chi connectivity index (χ3v) is 1.76. The summed E-state index contributed by atoms with van der Waals surface area (Å²) in [5.41, 5.74) is 1.25. The van der Waals surface area contributed by atoms with Crippen LogP contribution in [0.3, 0.4) is 0 Å². The first kappa shape index (κ1) is 6.97. The molecule has 12 heavy (non-hydrogen) atoms. The SMILES string of the molecule is O=C1Cc2ccncc2C(=O)N1. The summed E-state index contributed by atoms with van der Waals surface area (Å²) in [5, 5.41) is 2.22. The van der Waals surface area contributed by atoms with E-state index in [2.05, 4.69) is 10.3 Å². The van der Waals surface area contributed by atoms with Crippen molar-refractivity contribution in [1.82, 2.24) is 10.3 Å². The first-order valence-corrected chi connectivity index (χ1v) is 3.54. The van der Waals surface area contributed by atoms with Crippen molar-refractivity contribution in [3.63, 3.8) is 0 Å². The molecule has 4 heteroatoms. The Kier molecular flexibility index (Phi) is 1.40. The van der Waals surface area contributed by atoms with Crippen molar-refractivity contribution in [2.75, 3.05) is 0 Å². The van der Waals surface area contributed by atoms with Crippen LogP contribution in [0.1, 0.15) is 15.9 Å². The maximum absolute atomic E-state index is 11.1. The Morgan fingerprint density at radius 3 is 3.08 bits per heavy atom. The minimum absolute atomic E-state index is 0.251. The van der Waals surface area contributed by atoms with Gasteiger partial charge in [0.1, 0.15) is 0 Å². The molecule has 0 saturated heterocycles. The fourth-order valence-corrected chi connectivity index (χ4v) is 1.19. The highest BCUT2D eigenvalue weighted by Crippen LogP contribution is 2.11. The van der Waals surface area contributed by atoms with Gasteiger partial charge in [0, 0.05) is 12.4 Å². The molecule has 0 radical (unpaired) electrons. The summed E-state index contributed by atoms with van der Waals surface area (Å²) in [6.07, 6.45) is 3.31. The van der Waals surface area contributed by atoms with Gasteiger partial charge in [-0.25, -0.2) is 0 Å². The van der Waals surface area contributed by atoms with Crippen LogP contribution in [-0.2, 0) is 11.2 Å². The van der Waals surface area contributed by atoms with Crippen LogP contribution in [-0.4, -0.2) is 16.8 Å². The van der Waals surface area contributed by atoms with Gasteiger partial charge in [-0.3, -0.25) is 19.9 Å². The van der Waals surface area contributed by atoms with E-state index >= 15 is 0 Å². The van der Waals surface area contributed by atoms with Gasteiger partial charge in [0.2, 0.25) is 5.91 Å². The minimum Gasteiger partial charge on any atom is -0.292 e. The largest absolute Gasteiger partial charge is 0.292 e. The van der Waals surface area contributed by atoms with E-state index in [1.807, 2.05) is 0 Å². The van der Waals surface area contributed by atoms with E-state index in [4.69, 9.17) is 0 Å². The third kappa shape index (κ3) is 0.972. The summed E-state index contributed by atoms with van der Waals surface area (Å²) in [6.45, 7) is 0. The van der Waals surface area contributed by atoms with E-state index in [9.17, 15) is 9.59 Å². The van der Waals surface area contributed by atoms with E-state index in [0.717, 1.165) is 5.56 Å². The molecule has 2 heterocycles. The highest BCUT2D eigenvalue weighted by atomic mass is 16.2. The summed E-state index contributed by atoms with van der Waals surface area (Å²) in [7, 11) is 0. The van der Waals surface area contributed by atoms with Crippen LogP contribution < -0.4 is 5.32 Å². The minimum atomic E-state index is -0.352. The van der Waals surface area contributed by atoms with Crippen LogP contribution in [0.4, 0.5) is 0 Å². The normalized spacial score (nSPS) is 15.3. The number of nitrogens with one attached hydrogen (secondary N) is 1. The van der Waals surface area contributed by atoms with Crippen molar-refractivity contribution in [1.29, 1.82) is 0 Å². The number of hydrogen-bond donors (Lipinski definition) is 1. The summed E-state index contributed by atoms with van der Waals surface area (Å²) in [5.74, 6) is -0.604. The van der Waals surface area contributed by atoms with Gasteiger partial charge in [-0.05, 0) is 11.6 Å². The van der Waals surface area contributed by atoms with Crippen molar-refractivity contribution in [3.8, 4) is 0 Å². The molecular formula is C8H6N2O2. The lowest BCUT2D eigenvalue weighted by molar-refractivity contribution is -0.119. The van der Waals surface area contributed by atoms with E-state index in [1.54, 1.807) is 12.3 Å². The number of rotatable bonds is 0. The van der Waals surface area contributed by atoms with E-state index in [0.29, 0.717) is 5.56 Å². The van der Waals surface area contributed by atoms with Gasteiger partial charge < -0.3 is 0 Å². The average molecular weight is 162 g/mol. The van der Waals surface area contributed by atoms with Gasteiger partial charge in [0.15, 0.2) is 0 Å². The number of amides is 2. The Hall–Kier alpha value is -1.71. The maximum atomic E-state index is 11.1. The number of nitrogens with zero attached hydrogens (tertiary/aromatic N) is 1. The number of hydrogen-bond acceptors (Lipinski definition) is 3. The highest BCUT2D eigenvalue weighted by Gasteiger charge is 2.21. The first-order chi connectivity index (χ1) is 5.77. The molecule has 0 unspecified atom stereocenters. The lowest BCUT2D eigenvalue weighted by Gasteiger charge is -2.13. The van der Waals surface area contributed by atoms with Crippen molar-refractivity contribution < 1.29 is 9.59 Å². The molecule has 1 aromatic heterocycles. The predicted octanol–water partition coefficient (Wildman–Crippen LogP) is -0.106. The number of aromatic nitrogens is 1. The molecular weight excluding hydrogens is 156 g/mol. The van der Waals surface area contributed by atoms with Gasteiger partial charge in [-0.2, -0.15) is 0 Å². The Balaban J connectivity index is 2.54. The molecule has 0 fully saturated rings. The predicted molar refractivity (Wildman–Crippen MR) is 40.4 cm³/mol. The third-order valence-electron chi connectivity index (χ3n) is 1.76. The molecule has 60 valence electrons. The summed E-state index contributed by atoms with van der Waals surface area (Å²) in [6, 6.07) is 1.69. The Morgan fingerprint density at radius 1 is 1.42 bits per heavy atom. The zero-order valence-electron chi connectivity index (χ0n) is 6.20. The second-order valence-corrected chi connectivity index (χ2v) is 2.59. The molecule has 1 aromatic rings. The van der Waals surface area contributed by atoms with Gasteiger partial charge in [0.05, 0.1) is 12.0 Å². The van der Waals surface area contributed by atoms with E-state index in [-0.39, 0.29) is 18.2 Å². The molecule has 1 aliphatic heterocycles. The zero-order chi connectivity index (χ0) is 8.55. The highest BCUT2D eigenvalue weighted by molar-refractivity contribution is 6.09. The average Bonchev–Trinajstić information content (AvgIpc) is 2.04. The first-order valence-electron chi connectivity index (χ1n) is 3.54. The smallest absolute Gasteiger partial charge is 0.259 e. The molecule has 0 bridgehead atoms. The molecule has 0 atom stereocenters. The standard InChI is InChI=1S/C8H6N2O2/c11-7-3-5-1-2-9-4-6(5)8(12)10-7/h1-2,4H,3H2,(H,10,11,12). The van der Waals surface area contributed by atoms with Crippen molar-refractivity contribution >= 4 is 11.8 Å². The van der Waals surface area contributed by atoms with Crippen molar-refractivity contribution in [2.24, 2.45) is 0 Å². The quantitative estimate of drug-likeness (QED) is 0.541. The number of fused-ring (bicyclic) bond motifs is 1. The maximum Gasteiger partial charge on any atom is 0.259 e. The Labute approximate surface area is 68.6 Å². The number of imide groups is 1. The van der Waals surface area contributed by atoms with Crippen LogP contribution in [0.5, 0.6) is 0 Å². The lowest BCUT2D eigenvalue weighted by Crippen LogP contribution is -2.37. The van der Waals surface area contributed by atoms with Crippen LogP contribution in [0.2, 0.25) is 0 Å². The topological polar surface area (TPSA) is 59.1 Å². The molecule has 0 spiro atoms. The molecule has 0 aliphatic carbocycles. The van der Waals surface area contributed by atoms with Gasteiger partial charge in [-0.1, -0.05) is 0 Å². The van der Waals surface area contributed by atoms with Crippen molar-refractivity contribution in [3.05, 3.63) is 29.6 Å². The van der Waals surface area contributed by atoms with E-state index in [1.165, 1.54) is 6.20 Å². The summed E-state index contributed by atoms with van der Waals surface area (Å²) < 4.78 is 0. The molecule has 1 N–H and O–H groups in total. The van der Waals surface area contributed by atoms with Gasteiger partial charge in [-0.15, -0.1) is 0 Å². The van der Waals surface area contributed by atoms with Crippen LogP contribution in [0.25, 0.3) is 0 Å². The molecule has 0 saturated carbocycles. The summed E-state index contributed by atoms with van der Waals surface area (Å²) in [4.78, 5) is 25.8. The molecule has 2 rings (SSSR count). The van der Waals surface area contributed by atoms with Gasteiger partial charge in [0.25, 0.3) is 5.91 Å². The fraction of sp³-hybridized carbons (Fsp3) is 0.125. The Morgan fingerprint density at radius 2 is 2.25 bits per heavy atom. The lowest BCUT2D eigenvalue weighted by atomic mass is 10.0. The number of carbonyl (C=O) groups excluding carboxylic acids is 2. The fourth-order valence-electron chi connectivity index (χ4n) is 1.19. The second-order valence-electron chi connectivity index (χ2n) is 2.59. The summed E-state index contributed by atoms with van der Waals surface area (Å²) >= 11 is 0. The zero-order valence-corrected chi connectivity index (χ0v) is 6.20. The molecule has 1 aliphatic rings. The van der Waals surface area contributed by atoms with Crippen LogP contribution in [0.15, 0.2) is 18.5 Å². The van der Waals surface area contributed by atoms with E-state index < -0.39 is 0 Å². The number of pyridine rings is 1. The molecule has 4 nitrogen and oxygen atoms in total. The molecule has 0 aromatic carbocycles.